The van der Waals surface area contributed by atoms with E-state index in [1.807, 2.05) is 0 Å². The summed E-state index contributed by atoms with van der Waals surface area (Å²) in [7, 11) is 0. The summed E-state index contributed by atoms with van der Waals surface area (Å²) in [6.45, 7) is 2.23. The predicted octanol–water partition coefficient (Wildman–Crippen LogP) is 4.45. The van der Waals surface area contributed by atoms with Gasteiger partial charge in [0, 0.05) is 0 Å². The number of rotatable bonds is 4. The van der Waals surface area contributed by atoms with Crippen LogP contribution in [0.1, 0.15) is 71.1 Å². The van der Waals surface area contributed by atoms with E-state index >= 15 is 0 Å². The molecule has 2 aliphatic carbocycles. The lowest BCUT2D eigenvalue weighted by Gasteiger charge is -2.45. The van der Waals surface area contributed by atoms with E-state index in [4.69, 9.17) is 0 Å². The number of unbranched alkanes of at least 4 members (excludes halogenated alkanes) is 1. The van der Waals surface area contributed by atoms with E-state index in [2.05, 4.69) is 19.1 Å². The van der Waals surface area contributed by atoms with Crippen LogP contribution in [0.3, 0.4) is 0 Å². The molecule has 1 heteroatoms. The van der Waals surface area contributed by atoms with Crippen LogP contribution < -0.4 is 0 Å². The monoisotopic (exact) mass is 236 g/mol. The van der Waals surface area contributed by atoms with E-state index in [0.717, 1.165) is 18.8 Å². The van der Waals surface area contributed by atoms with E-state index in [-0.39, 0.29) is 5.60 Å². The standard InChI is InChI=1S/C16H28O/c1-2-3-12-16(17)13-8-7-11-15(16)14-9-5-4-6-10-14/h4-5,14-15,17H,2-3,6-13H2,1H3. The third-order valence-electron chi connectivity index (χ3n) is 4.91. The van der Waals surface area contributed by atoms with Gasteiger partial charge in [0.25, 0.3) is 0 Å². The Labute approximate surface area is 106 Å². The van der Waals surface area contributed by atoms with Crippen molar-refractivity contribution in [1.82, 2.24) is 0 Å². The van der Waals surface area contributed by atoms with Crippen molar-refractivity contribution in [2.45, 2.75) is 76.7 Å². The maximum Gasteiger partial charge on any atom is 0.0678 e. The fourth-order valence-corrected chi connectivity index (χ4v) is 3.90. The average Bonchev–Trinajstić information content (AvgIpc) is 2.38. The summed E-state index contributed by atoms with van der Waals surface area (Å²) in [5.74, 6) is 1.33. The zero-order chi connectivity index (χ0) is 12.1. The van der Waals surface area contributed by atoms with E-state index < -0.39 is 0 Å². The molecule has 0 heterocycles. The van der Waals surface area contributed by atoms with Crippen molar-refractivity contribution in [2.24, 2.45) is 11.8 Å². The fraction of sp³-hybridized carbons (Fsp3) is 0.875. The van der Waals surface area contributed by atoms with Gasteiger partial charge < -0.3 is 5.11 Å². The largest absolute Gasteiger partial charge is 0.390 e. The van der Waals surface area contributed by atoms with Gasteiger partial charge in [0.1, 0.15) is 0 Å². The van der Waals surface area contributed by atoms with Gasteiger partial charge in [-0.3, -0.25) is 0 Å². The second-order valence-electron chi connectivity index (χ2n) is 6.10. The van der Waals surface area contributed by atoms with Crippen LogP contribution in [0.2, 0.25) is 0 Å². The molecule has 3 atom stereocenters. The van der Waals surface area contributed by atoms with Crippen molar-refractivity contribution >= 4 is 0 Å². The minimum absolute atomic E-state index is 0.329. The molecule has 3 unspecified atom stereocenters. The minimum atomic E-state index is -0.329. The third kappa shape index (κ3) is 3.13. The Kier molecular flexibility index (Phi) is 4.67. The Hall–Kier alpha value is -0.300. The molecule has 0 amide bonds. The highest BCUT2D eigenvalue weighted by Crippen LogP contribution is 2.44. The van der Waals surface area contributed by atoms with Crippen molar-refractivity contribution in [3.05, 3.63) is 12.2 Å². The van der Waals surface area contributed by atoms with Crippen LogP contribution in [0.4, 0.5) is 0 Å². The highest BCUT2D eigenvalue weighted by atomic mass is 16.3. The Morgan fingerprint density at radius 2 is 2.12 bits per heavy atom. The highest BCUT2D eigenvalue weighted by molar-refractivity contribution is 4.99. The molecule has 17 heavy (non-hydrogen) atoms. The SMILES string of the molecule is CCCCC1(O)CCCCC1C1CC=CCC1. The Morgan fingerprint density at radius 1 is 1.24 bits per heavy atom. The van der Waals surface area contributed by atoms with Crippen molar-refractivity contribution in [3.63, 3.8) is 0 Å². The van der Waals surface area contributed by atoms with Gasteiger partial charge in [0.05, 0.1) is 5.60 Å². The first-order valence-electron chi connectivity index (χ1n) is 7.63. The van der Waals surface area contributed by atoms with E-state index in [9.17, 15) is 5.11 Å². The molecular formula is C16H28O. The van der Waals surface area contributed by atoms with Gasteiger partial charge in [-0.1, -0.05) is 44.8 Å². The first kappa shape index (κ1) is 13.1. The summed E-state index contributed by atoms with van der Waals surface area (Å²) in [6, 6.07) is 0. The maximum absolute atomic E-state index is 11.0. The lowest BCUT2D eigenvalue weighted by molar-refractivity contribution is -0.0799. The lowest BCUT2D eigenvalue weighted by Crippen LogP contribution is -2.44. The molecule has 0 spiro atoms. The van der Waals surface area contributed by atoms with Crippen LogP contribution >= 0.6 is 0 Å². The topological polar surface area (TPSA) is 20.2 Å². The van der Waals surface area contributed by atoms with Gasteiger partial charge in [-0.15, -0.1) is 0 Å². The molecule has 2 aliphatic rings. The van der Waals surface area contributed by atoms with Crippen molar-refractivity contribution in [2.75, 3.05) is 0 Å². The fourth-order valence-electron chi connectivity index (χ4n) is 3.90. The smallest absolute Gasteiger partial charge is 0.0678 e. The second-order valence-corrected chi connectivity index (χ2v) is 6.10. The summed E-state index contributed by atoms with van der Waals surface area (Å²) in [4.78, 5) is 0. The molecule has 1 nitrogen and oxygen atoms in total. The van der Waals surface area contributed by atoms with E-state index in [0.29, 0.717) is 5.92 Å². The molecule has 1 N–H and O–H groups in total. The highest BCUT2D eigenvalue weighted by Gasteiger charge is 2.41. The molecule has 0 bridgehead atoms. The van der Waals surface area contributed by atoms with Gasteiger partial charge in [0.15, 0.2) is 0 Å². The molecule has 2 rings (SSSR count). The second kappa shape index (κ2) is 6.04. The molecule has 0 saturated heterocycles. The van der Waals surface area contributed by atoms with Gasteiger partial charge in [-0.25, -0.2) is 0 Å². The molecule has 0 aromatic rings. The molecular weight excluding hydrogens is 208 g/mol. The zero-order valence-corrected chi connectivity index (χ0v) is 11.3. The number of hydrogen-bond donors (Lipinski definition) is 1. The predicted molar refractivity (Wildman–Crippen MR) is 72.9 cm³/mol. The Bertz CT molecular complexity index is 258. The van der Waals surface area contributed by atoms with Gasteiger partial charge in [0.2, 0.25) is 0 Å². The summed E-state index contributed by atoms with van der Waals surface area (Å²) >= 11 is 0. The number of aliphatic hydroxyl groups is 1. The van der Waals surface area contributed by atoms with Crippen LogP contribution in [0.15, 0.2) is 12.2 Å². The van der Waals surface area contributed by atoms with E-state index in [1.54, 1.807) is 0 Å². The molecule has 1 saturated carbocycles. The summed E-state index contributed by atoms with van der Waals surface area (Å²) in [5, 5.41) is 11.0. The lowest BCUT2D eigenvalue weighted by atomic mass is 9.65. The maximum atomic E-state index is 11.0. The van der Waals surface area contributed by atoms with E-state index in [1.165, 1.54) is 51.4 Å². The average molecular weight is 236 g/mol. The number of allylic oxidation sites excluding steroid dienone is 2. The van der Waals surface area contributed by atoms with Crippen LogP contribution in [0, 0.1) is 11.8 Å². The molecule has 0 aromatic carbocycles. The molecule has 0 aliphatic heterocycles. The molecule has 1 fully saturated rings. The van der Waals surface area contributed by atoms with Gasteiger partial charge >= 0.3 is 0 Å². The number of hydrogen-bond acceptors (Lipinski definition) is 1. The first-order valence-corrected chi connectivity index (χ1v) is 7.63. The third-order valence-corrected chi connectivity index (χ3v) is 4.91. The van der Waals surface area contributed by atoms with Crippen molar-refractivity contribution in [1.29, 1.82) is 0 Å². The molecule has 0 aromatic heterocycles. The van der Waals surface area contributed by atoms with Crippen LogP contribution in [0.25, 0.3) is 0 Å². The Morgan fingerprint density at radius 3 is 2.82 bits per heavy atom. The molecule has 0 radical (unpaired) electrons. The first-order chi connectivity index (χ1) is 8.26. The van der Waals surface area contributed by atoms with Gasteiger partial charge in [-0.05, 0) is 50.4 Å². The van der Waals surface area contributed by atoms with Crippen molar-refractivity contribution in [3.8, 4) is 0 Å². The Balaban J connectivity index is 2.02. The quantitative estimate of drug-likeness (QED) is 0.715. The summed E-state index contributed by atoms with van der Waals surface area (Å²) < 4.78 is 0. The summed E-state index contributed by atoms with van der Waals surface area (Å²) in [5.41, 5.74) is -0.329. The van der Waals surface area contributed by atoms with Crippen LogP contribution in [-0.4, -0.2) is 10.7 Å². The van der Waals surface area contributed by atoms with Crippen LogP contribution in [0.5, 0.6) is 0 Å². The zero-order valence-electron chi connectivity index (χ0n) is 11.3. The van der Waals surface area contributed by atoms with Gasteiger partial charge in [-0.2, -0.15) is 0 Å². The van der Waals surface area contributed by atoms with Crippen molar-refractivity contribution < 1.29 is 5.11 Å². The molecule has 98 valence electrons. The summed E-state index contributed by atoms with van der Waals surface area (Å²) in [6.07, 6.45) is 16.7. The normalized spacial score (nSPS) is 38.2. The van der Waals surface area contributed by atoms with Crippen LogP contribution in [-0.2, 0) is 0 Å². The minimum Gasteiger partial charge on any atom is -0.390 e.